The van der Waals surface area contributed by atoms with E-state index >= 15 is 0 Å². The molecular weight excluding hydrogens is 401 g/mol. The number of rotatable bonds is 9. The molecule has 0 aliphatic rings. The minimum absolute atomic E-state index is 0.100. The van der Waals surface area contributed by atoms with Gasteiger partial charge in [-0.15, -0.1) is 0 Å². The third-order valence-corrected chi connectivity index (χ3v) is 5.66. The van der Waals surface area contributed by atoms with Gasteiger partial charge in [-0.25, -0.2) is 0 Å². The molecule has 6 heteroatoms. The van der Waals surface area contributed by atoms with Gasteiger partial charge < -0.3 is 9.88 Å². The maximum atomic E-state index is 13.3. The molecule has 1 amide bonds. The zero-order valence-corrected chi connectivity index (χ0v) is 18.0. The molecule has 0 unspecified atom stereocenters. The summed E-state index contributed by atoms with van der Waals surface area (Å²) in [6.45, 7) is 2.71. The largest absolute Gasteiger partial charge is 0.416 e. The van der Waals surface area contributed by atoms with E-state index in [0.29, 0.717) is 12.1 Å². The molecule has 3 rings (SSSR count). The first-order chi connectivity index (χ1) is 14.8. The van der Waals surface area contributed by atoms with Crippen LogP contribution < -0.4 is 5.32 Å². The number of amides is 1. The Balaban J connectivity index is 1.92. The van der Waals surface area contributed by atoms with E-state index in [0.717, 1.165) is 48.2 Å². The molecule has 2 aromatic carbocycles. The smallest absolute Gasteiger partial charge is 0.356 e. The second-order valence-electron chi connectivity index (χ2n) is 8.00. The molecule has 1 N–H and O–H groups in total. The molecule has 1 aromatic heterocycles. The summed E-state index contributed by atoms with van der Waals surface area (Å²) in [6.07, 6.45) is 1.79. The van der Waals surface area contributed by atoms with Crippen molar-refractivity contribution in [2.45, 2.75) is 51.1 Å². The molecule has 0 aliphatic carbocycles. The van der Waals surface area contributed by atoms with Crippen molar-refractivity contribution in [3.63, 3.8) is 0 Å². The second-order valence-corrected chi connectivity index (χ2v) is 8.00. The molecule has 3 nitrogen and oxygen atoms in total. The Bertz CT molecular complexity index is 1020. The lowest BCUT2D eigenvalue weighted by atomic mass is 9.87. The summed E-state index contributed by atoms with van der Waals surface area (Å²) in [5.74, 6) is -0.615. The topological polar surface area (TPSA) is 34.0 Å². The number of hydrogen-bond donors (Lipinski definition) is 1. The van der Waals surface area contributed by atoms with Crippen LogP contribution in [0.25, 0.3) is 10.9 Å². The highest BCUT2D eigenvalue weighted by atomic mass is 19.4. The third kappa shape index (κ3) is 5.69. The lowest BCUT2D eigenvalue weighted by Crippen LogP contribution is -2.26. The number of aryl methyl sites for hydroxylation is 1. The van der Waals surface area contributed by atoms with Gasteiger partial charge in [0.1, 0.15) is 0 Å². The van der Waals surface area contributed by atoms with Crippen LogP contribution in [-0.4, -0.2) is 17.0 Å². The monoisotopic (exact) mass is 430 g/mol. The lowest BCUT2D eigenvalue weighted by molar-refractivity contribution is -0.137. The predicted octanol–water partition coefficient (Wildman–Crippen LogP) is 6.42. The van der Waals surface area contributed by atoms with Crippen molar-refractivity contribution in [2.75, 3.05) is 6.54 Å². The molecule has 0 saturated carbocycles. The van der Waals surface area contributed by atoms with Crippen LogP contribution in [0.4, 0.5) is 13.2 Å². The van der Waals surface area contributed by atoms with E-state index in [1.165, 1.54) is 12.1 Å². The van der Waals surface area contributed by atoms with Crippen LogP contribution in [0.15, 0.2) is 54.7 Å². The quantitative estimate of drug-likeness (QED) is 0.391. The van der Waals surface area contributed by atoms with Gasteiger partial charge in [0, 0.05) is 43.0 Å². The maximum Gasteiger partial charge on any atom is 0.416 e. The number of benzene rings is 2. The molecule has 1 atom stereocenters. The number of nitrogens with zero attached hydrogens (tertiary/aromatic N) is 1. The normalized spacial score (nSPS) is 12.8. The van der Waals surface area contributed by atoms with Crippen molar-refractivity contribution >= 4 is 16.8 Å². The van der Waals surface area contributed by atoms with Gasteiger partial charge in [-0.1, -0.05) is 62.6 Å². The molecule has 0 spiro atoms. The Hall–Kier alpha value is -2.76. The Morgan fingerprint density at radius 1 is 1.06 bits per heavy atom. The van der Waals surface area contributed by atoms with E-state index in [4.69, 9.17) is 0 Å². The van der Waals surface area contributed by atoms with Crippen molar-refractivity contribution in [1.29, 1.82) is 0 Å². The molecule has 166 valence electrons. The number of carbonyl (C=O) groups excluding carboxylic acids is 1. The van der Waals surface area contributed by atoms with Crippen LogP contribution in [-0.2, 0) is 18.0 Å². The van der Waals surface area contributed by atoms with Crippen LogP contribution in [0.3, 0.4) is 0 Å². The Morgan fingerprint density at radius 2 is 1.84 bits per heavy atom. The molecule has 0 radical (unpaired) electrons. The molecule has 0 fully saturated rings. The van der Waals surface area contributed by atoms with Crippen molar-refractivity contribution < 1.29 is 18.0 Å². The highest BCUT2D eigenvalue weighted by Crippen LogP contribution is 2.37. The number of aromatic nitrogens is 1. The van der Waals surface area contributed by atoms with E-state index in [2.05, 4.69) is 12.2 Å². The minimum atomic E-state index is -4.43. The number of fused-ring (bicyclic) bond motifs is 1. The van der Waals surface area contributed by atoms with Gasteiger partial charge in [-0.05, 0) is 29.7 Å². The molecule has 0 saturated heterocycles. The molecular formula is C25H29F3N2O. The van der Waals surface area contributed by atoms with Crippen LogP contribution in [0.5, 0.6) is 0 Å². The number of halogens is 3. The fourth-order valence-electron chi connectivity index (χ4n) is 4.03. The second kappa shape index (κ2) is 10.0. The van der Waals surface area contributed by atoms with Gasteiger partial charge in [-0.3, -0.25) is 4.79 Å². The maximum absolute atomic E-state index is 13.3. The molecule has 1 heterocycles. The van der Waals surface area contributed by atoms with Crippen LogP contribution in [0.2, 0.25) is 0 Å². The minimum Gasteiger partial charge on any atom is -0.356 e. The van der Waals surface area contributed by atoms with Crippen molar-refractivity contribution in [2.24, 2.45) is 7.05 Å². The fourth-order valence-corrected chi connectivity index (χ4v) is 4.03. The van der Waals surface area contributed by atoms with Gasteiger partial charge >= 0.3 is 6.18 Å². The summed E-state index contributed by atoms with van der Waals surface area (Å²) in [5, 5.41) is 3.89. The summed E-state index contributed by atoms with van der Waals surface area (Å²) in [5.41, 5.74) is 1.63. The number of unbranched alkanes of at least 4 members (excludes halogenated alkanes) is 3. The van der Waals surface area contributed by atoms with Gasteiger partial charge in [0.25, 0.3) is 0 Å². The standard InChI is InChI=1S/C25H29F3N2O/c1-3-4-5-8-14-29-24(31)16-21(18-10-9-11-19(15-18)25(26,27)28)22-17-30(2)23-13-7-6-12-20(22)23/h6-7,9-13,15,17,21H,3-5,8,14,16H2,1-2H3,(H,29,31)/t21-/m0/s1. The number of hydrogen-bond acceptors (Lipinski definition) is 1. The van der Waals surface area contributed by atoms with Crippen molar-refractivity contribution in [1.82, 2.24) is 9.88 Å². The van der Waals surface area contributed by atoms with Crippen LogP contribution in [0, 0.1) is 0 Å². The van der Waals surface area contributed by atoms with Crippen LogP contribution in [0.1, 0.15) is 61.6 Å². The zero-order chi connectivity index (χ0) is 22.4. The number of carbonyl (C=O) groups is 1. The Morgan fingerprint density at radius 3 is 2.58 bits per heavy atom. The first kappa shape index (κ1) is 22.9. The van der Waals surface area contributed by atoms with E-state index in [9.17, 15) is 18.0 Å². The summed E-state index contributed by atoms with van der Waals surface area (Å²) in [6, 6.07) is 13.1. The first-order valence-corrected chi connectivity index (χ1v) is 10.8. The highest BCUT2D eigenvalue weighted by molar-refractivity contribution is 5.86. The zero-order valence-electron chi connectivity index (χ0n) is 18.0. The Labute approximate surface area is 181 Å². The Kier molecular flexibility index (Phi) is 7.42. The number of para-hydroxylation sites is 1. The van der Waals surface area contributed by atoms with Crippen LogP contribution >= 0.6 is 0 Å². The molecule has 0 aliphatic heterocycles. The highest BCUT2D eigenvalue weighted by Gasteiger charge is 2.32. The average Bonchev–Trinajstić information content (AvgIpc) is 3.08. The van der Waals surface area contributed by atoms with Gasteiger partial charge in [0.05, 0.1) is 5.56 Å². The summed E-state index contributed by atoms with van der Waals surface area (Å²) >= 11 is 0. The van der Waals surface area contributed by atoms with E-state index < -0.39 is 17.7 Å². The fraction of sp³-hybridized carbons (Fsp3) is 0.400. The number of alkyl halides is 3. The van der Waals surface area contributed by atoms with Crippen molar-refractivity contribution in [3.05, 3.63) is 71.4 Å². The van der Waals surface area contributed by atoms with E-state index in [-0.39, 0.29) is 12.3 Å². The van der Waals surface area contributed by atoms with Crippen molar-refractivity contribution in [3.8, 4) is 0 Å². The first-order valence-electron chi connectivity index (χ1n) is 10.8. The average molecular weight is 431 g/mol. The third-order valence-electron chi connectivity index (χ3n) is 5.66. The number of nitrogens with one attached hydrogen (secondary N) is 1. The van der Waals surface area contributed by atoms with Gasteiger partial charge in [0.15, 0.2) is 0 Å². The van der Waals surface area contributed by atoms with Gasteiger partial charge in [0.2, 0.25) is 5.91 Å². The van der Waals surface area contributed by atoms with Gasteiger partial charge in [-0.2, -0.15) is 13.2 Å². The summed E-state index contributed by atoms with van der Waals surface area (Å²) < 4.78 is 42.0. The molecule has 3 aromatic rings. The summed E-state index contributed by atoms with van der Waals surface area (Å²) in [4.78, 5) is 12.7. The predicted molar refractivity (Wildman–Crippen MR) is 118 cm³/mol. The lowest BCUT2D eigenvalue weighted by Gasteiger charge is -2.19. The van der Waals surface area contributed by atoms with E-state index in [1.807, 2.05) is 42.1 Å². The molecule has 0 bridgehead atoms. The summed E-state index contributed by atoms with van der Waals surface area (Å²) in [7, 11) is 1.91. The van der Waals surface area contributed by atoms with E-state index in [1.54, 1.807) is 6.07 Å². The SMILES string of the molecule is CCCCCCNC(=O)C[C@@H](c1cccc(C(F)(F)F)c1)c1cn(C)c2ccccc12. The molecule has 31 heavy (non-hydrogen) atoms.